The molecule has 1 aromatic carbocycles. The third-order valence-electron chi connectivity index (χ3n) is 4.65. The van der Waals surface area contributed by atoms with Crippen LogP contribution in [0.1, 0.15) is 71.3 Å². The molecule has 0 amide bonds. The molecule has 0 saturated heterocycles. The Balaban J connectivity index is 2.56. The molecule has 0 N–H and O–H groups in total. The zero-order chi connectivity index (χ0) is 22.9. The molecule has 30 heavy (non-hydrogen) atoms. The van der Waals surface area contributed by atoms with E-state index >= 15 is 0 Å². The van der Waals surface area contributed by atoms with E-state index in [1.54, 1.807) is 0 Å². The normalized spacial score (nSPS) is 11.5. The molecule has 170 valence electrons. The molecule has 0 saturated carbocycles. The Kier molecular flexibility index (Phi) is 10.2. The summed E-state index contributed by atoms with van der Waals surface area (Å²) in [6.07, 6.45) is 7.06. The molecule has 4 nitrogen and oxygen atoms in total. The minimum absolute atomic E-state index is 0.0982. The minimum atomic E-state index is -2.31. The summed E-state index contributed by atoms with van der Waals surface area (Å²) in [5.41, 5.74) is -3.11. The van der Waals surface area contributed by atoms with Gasteiger partial charge in [-0.25, -0.2) is 22.0 Å². The summed E-state index contributed by atoms with van der Waals surface area (Å²) < 4.78 is 76.4. The molecule has 0 atom stereocenters. The fraction of sp³-hybridized carbons (Fsp3) is 0.619. The lowest BCUT2D eigenvalue weighted by molar-refractivity contribution is -0.170. The zero-order valence-corrected chi connectivity index (χ0v) is 17.4. The van der Waals surface area contributed by atoms with Crippen LogP contribution < -0.4 is 0 Å². The molecule has 0 radical (unpaired) electrons. The lowest BCUT2D eigenvalue weighted by Gasteiger charge is -2.21. The molecule has 0 aromatic heterocycles. The molecule has 0 heterocycles. The van der Waals surface area contributed by atoms with Crippen LogP contribution in [-0.2, 0) is 25.7 Å². The van der Waals surface area contributed by atoms with Gasteiger partial charge in [0.05, 0.1) is 12.2 Å². The van der Waals surface area contributed by atoms with Gasteiger partial charge in [-0.15, -0.1) is 0 Å². The van der Waals surface area contributed by atoms with Crippen LogP contribution in [0, 0.1) is 34.5 Å². The van der Waals surface area contributed by atoms with Gasteiger partial charge in [-0.05, 0) is 20.3 Å². The maximum Gasteiger partial charge on any atom is 0.323 e. The van der Waals surface area contributed by atoms with Crippen LogP contribution >= 0.6 is 0 Å². The van der Waals surface area contributed by atoms with E-state index in [1.165, 1.54) is 20.3 Å². The summed E-state index contributed by atoms with van der Waals surface area (Å²) in [6.45, 7) is 3.36. The van der Waals surface area contributed by atoms with Gasteiger partial charge >= 0.3 is 11.9 Å². The SMILES string of the molecule is CCCCCCCCCOC(=O)C(C)(C)C(=O)OCc1c(F)c(F)c(F)c(F)c1F. The van der Waals surface area contributed by atoms with Crippen molar-refractivity contribution in [1.29, 1.82) is 0 Å². The number of hydrogen-bond acceptors (Lipinski definition) is 4. The average molecular weight is 438 g/mol. The second-order valence-corrected chi connectivity index (χ2v) is 7.51. The molecular formula is C21H27F5O4. The molecule has 0 spiro atoms. The van der Waals surface area contributed by atoms with E-state index in [0.29, 0.717) is 6.42 Å². The molecule has 0 aliphatic rings. The quantitative estimate of drug-likeness (QED) is 0.104. The Hall–Kier alpha value is -2.19. The van der Waals surface area contributed by atoms with Crippen molar-refractivity contribution in [2.75, 3.05) is 6.61 Å². The van der Waals surface area contributed by atoms with E-state index in [-0.39, 0.29) is 6.61 Å². The first-order valence-electron chi connectivity index (χ1n) is 9.90. The van der Waals surface area contributed by atoms with Gasteiger partial charge in [0.25, 0.3) is 0 Å². The van der Waals surface area contributed by atoms with Gasteiger partial charge in [-0.2, -0.15) is 0 Å². The summed E-state index contributed by atoms with van der Waals surface area (Å²) >= 11 is 0. The molecule has 1 rings (SSSR count). The van der Waals surface area contributed by atoms with E-state index in [0.717, 1.165) is 32.1 Å². The number of hydrogen-bond donors (Lipinski definition) is 0. The maximum atomic E-state index is 13.6. The van der Waals surface area contributed by atoms with Crippen molar-refractivity contribution in [3.63, 3.8) is 0 Å². The lowest BCUT2D eigenvalue weighted by atomic mass is 9.94. The predicted molar refractivity (Wildman–Crippen MR) is 98.8 cm³/mol. The Morgan fingerprint density at radius 1 is 0.700 bits per heavy atom. The Morgan fingerprint density at radius 3 is 1.67 bits per heavy atom. The molecule has 0 bridgehead atoms. The summed E-state index contributed by atoms with van der Waals surface area (Å²) in [5.74, 6) is -12.9. The van der Waals surface area contributed by atoms with Crippen molar-refractivity contribution in [2.24, 2.45) is 5.41 Å². The third-order valence-corrected chi connectivity index (χ3v) is 4.65. The highest BCUT2D eigenvalue weighted by Crippen LogP contribution is 2.26. The second kappa shape index (κ2) is 11.9. The van der Waals surface area contributed by atoms with E-state index in [1.807, 2.05) is 0 Å². The first kappa shape index (κ1) is 25.8. The average Bonchev–Trinajstić information content (AvgIpc) is 2.72. The summed E-state index contributed by atoms with van der Waals surface area (Å²) in [7, 11) is 0. The third kappa shape index (κ3) is 6.67. The van der Waals surface area contributed by atoms with Crippen molar-refractivity contribution < 1.29 is 41.0 Å². The van der Waals surface area contributed by atoms with Crippen molar-refractivity contribution in [3.8, 4) is 0 Å². The number of benzene rings is 1. The van der Waals surface area contributed by atoms with Crippen molar-refractivity contribution >= 4 is 11.9 Å². The van der Waals surface area contributed by atoms with Gasteiger partial charge < -0.3 is 9.47 Å². The number of carbonyl (C=O) groups is 2. The predicted octanol–water partition coefficient (Wildman–Crippen LogP) is 5.75. The molecule has 0 aliphatic carbocycles. The Labute approximate surface area is 172 Å². The fourth-order valence-electron chi connectivity index (χ4n) is 2.58. The van der Waals surface area contributed by atoms with Crippen molar-refractivity contribution in [3.05, 3.63) is 34.6 Å². The van der Waals surface area contributed by atoms with Gasteiger partial charge in [-0.1, -0.05) is 45.4 Å². The molecule has 9 heteroatoms. The number of esters is 2. The molecular weight excluding hydrogens is 411 g/mol. The Morgan fingerprint density at radius 2 is 1.13 bits per heavy atom. The smallest absolute Gasteiger partial charge is 0.323 e. The topological polar surface area (TPSA) is 52.6 Å². The van der Waals surface area contributed by atoms with E-state index in [9.17, 15) is 31.5 Å². The molecule has 0 unspecified atom stereocenters. The van der Waals surface area contributed by atoms with Crippen molar-refractivity contribution in [2.45, 2.75) is 72.3 Å². The molecule has 1 aromatic rings. The summed E-state index contributed by atoms with van der Waals surface area (Å²) in [6, 6.07) is 0. The van der Waals surface area contributed by atoms with E-state index in [2.05, 4.69) is 11.7 Å². The number of unbranched alkanes of at least 4 members (excludes halogenated alkanes) is 6. The van der Waals surface area contributed by atoms with Gasteiger partial charge in [0.15, 0.2) is 28.7 Å². The molecule has 0 aliphatic heterocycles. The van der Waals surface area contributed by atoms with Crippen LogP contribution in [0.25, 0.3) is 0 Å². The summed E-state index contributed by atoms with van der Waals surface area (Å²) in [4.78, 5) is 24.3. The largest absolute Gasteiger partial charge is 0.465 e. The standard InChI is InChI=1S/C21H27F5O4/c1-4-5-6-7-8-9-10-11-29-19(27)21(2,3)20(28)30-12-13-14(22)16(24)18(26)17(25)15(13)23/h4-12H2,1-3H3. The van der Waals surface area contributed by atoms with Gasteiger partial charge in [-0.3, -0.25) is 9.59 Å². The van der Waals surface area contributed by atoms with Crippen molar-refractivity contribution in [1.82, 2.24) is 0 Å². The van der Waals surface area contributed by atoms with Crippen LogP contribution in [0.4, 0.5) is 22.0 Å². The monoisotopic (exact) mass is 438 g/mol. The number of carbonyl (C=O) groups excluding carboxylic acids is 2. The summed E-state index contributed by atoms with van der Waals surface area (Å²) in [5, 5.41) is 0. The number of halogens is 5. The Bertz CT molecular complexity index is 720. The maximum absolute atomic E-state index is 13.6. The minimum Gasteiger partial charge on any atom is -0.465 e. The number of ether oxygens (including phenoxy) is 2. The fourth-order valence-corrected chi connectivity index (χ4v) is 2.58. The van der Waals surface area contributed by atoms with Crippen LogP contribution in [0.2, 0.25) is 0 Å². The highest BCUT2D eigenvalue weighted by molar-refractivity contribution is 5.99. The van der Waals surface area contributed by atoms with Gasteiger partial charge in [0.1, 0.15) is 6.61 Å². The van der Waals surface area contributed by atoms with Crippen LogP contribution in [0.3, 0.4) is 0 Å². The van der Waals surface area contributed by atoms with E-state index < -0.39 is 58.6 Å². The zero-order valence-electron chi connectivity index (χ0n) is 17.4. The highest BCUT2D eigenvalue weighted by Gasteiger charge is 2.40. The second-order valence-electron chi connectivity index (χ2n) is 7.51. The van der Waals surface area contributed by atoms with Crippen LogP contribution in [0.15, 0.2) is 0 Å². The first-order valence-corrected chi connectivity index (χ1v) is 9.90. The lowest BCUT2D eigenvalue weighted by Crippen LogP contribution is -2.36. The van der Waals surface area contributed by atoms with Crippen LogP contribution in [0.5, 0.6) is 0 Å². The molecule has 0 fully saturated rings. The highest BCUT2D eigenvalue weighted by atomic mass is 19.2. The van der Waals surface area contributed by atoms with E-state index in [4.69, 9.17) is 4.74 Å². The first-order chi connectivity index (χ1) is 14.1. The van der Waals surface area contributed by atoms with Gasteiger partial charge in [0, 0.05) is 0 Å². The van der Waals surface area contributed by atoms with Crippen LogP contribution in [-0.4, -0.2) is 18.5 Å². The number of rotatable bonds is 12. The van der Waals surface area contributed by atoms with Gasteiger partial charge in [0.2, 0.25) is 5.82 Å².